The van der Waals surface area contributed by atoms with Gasteiger partial charge in [0.05, 0.1) is 11.1 Å². The van der Waals surface area contributed by atoms with E-state index < -0.39 is 11.7 Å². The average molecular weight is 391 g/mol. The second-order valence-electron chi connectivity index (χ2n) is 5.45. The highest BCUT2D eigenvalue weighted by atomic mass is 35.5. The van der Waals surface area contributed by atoms with Crippen LogP contribution in [0.4, 0.5) is 15.9 Å². The molecule has 1 amide bonds. The molecule has 5 nitrogen and oxygen atoms in total. The molecule has 0 aliphatic carbocycles. The molecular formula is C18H13Cl2FN4O. The van der Waals surface area contributed by atoms with Crippen molar-refractivity contribution in [2.45, 2.75) is 6.92 Å². The zero-order valence-electron chi connectivity index (χ0n) is 13.6. The molecule has 0 bridgehead atoms. The third-order valence-electron chi connectivity index (χ3n) is 3.62. The van der Waals surface area contributed by atoms with Crippen molar-refractivity contribution in [2.75, 3.05) is 5.32 Å². The number of aryl methyl sites for hydroxylation is 1. The van der Waals surface area contributed by atoms with Crippen LogP contribution in [-0.2, 0) is 0 Å². The molecule has 3 aromatic rings. The van der Waals surface area contributed by atoms with Gasteiger partial charge in [-0.3, -0.25) is 4.79 Å². The Labute approximate surface area is 159 Å². The first-order valence-electron chi connectivity index (χ1n) is 7.52. The van der Waals surface area contributed by atoms with Crippen LogP contribution in [0.1, 0.15) is 16.2 Å². The number of rotatable bonds is 4. The fourth-order valence-corrected chi connectivity index (χ4v) is 2.89. The van der Waals surface area contributed by atoms with E-state index in [1.54, 1.807) is 31.2 Å². The third kappa shape index (κ3) is 3.61. The first-order valence-corrected chi connectivity index (χ1v) is 8.28. The van der Waals surface area contributed by atoms with Crippen molar-refractivity contribution < 1.29 is 9.18 Å². The Morgan fingerprint density at radius 1 is 1.12 bits per heavy atom. The molecule has 1 aromatic heterocycles. The summed E-state index contributed by atoms with van der Waals surface area (Å²) in [6.07, 6.45) is 0. The monoisotopic (exact) mass is 390 g/mol. The second-order valence-corrected chi connectivity index (χ2v) is 6.24. The van der Waals surface area contributed by atoms with Crippen molar-refractivity contribution in [3.63, 3.8) is 0 Å². The fraction of sp³-hybridized carbons (Fsp3) is 0.0556. The summed E-state index contributed by atoms with van der Waals surface area (Å²) < 4.78 is 14.8. The molecular weight excluding hydrogens is 378 g/mol. The minimum Gasteiger partial charge on any atom is -0.366 e. The summed E-state index contributed by atoms with van der Waals surface area (Å²) in [7, 11) is 0. The van der Waals surface area contributed by atoms with Crippen LogP contribution in [0, 0.1) is 12.7 Å². The summed E-state index contributed by atoms with van der Waals surface area (Å²) in [5, 5.41) is 3.71. The molecule has 1 heterocycles. The summed E-state index contributed by atoms with van der Waals surface area (Å²) in [5.41, 5.74) is 5.97. The number of primary amides is 1. The maximum atomic E-state index is 14.8. The van der Waals surface area contributed by atoms with E-state index in [0.29, 0.717) is 22.4 Å². The fourth-order valence-electron chi connectivity index (χ4n) is 2.45. The van der Waals surface area contributed by atoms with Crippen molar-refractivity contribution in [2.24, 2.45) is 5.73 Å². The SMILES string of the molecule is Cc1nc(Cl)c(-c2cccc(C(N)=O)c2F)c(Nc2ccc(Cl)cc2)n1. The predicted octanol–water partition coefficient (Wildman–Crippen LogP) is 4.74. The number of hydrogen-bond acceptors (Lipinski definition) is 4. The summed E-state index contributed by atoms with van der Waals surface area (Å²) in [4.78, 5) is 19.9. The van der Waals surface area contributed by atoms with Gasteiger partial charge in [0.1, 0.15) is 22.6 Å². The number of carbonyl (C=O) groups excluding carboxylic acids is 1. The summed E-state index contributed by atoms with van der Waals surface area (Å²) in [5.74, 6) is -0.957. The number of carbonyl (C=O) groups is 1. The van der Waals surface area contributed by atoms with Gasteiger partial charge in [-0.2, -0.15) is 0 Å². The van der Waals surface area contributed by atoms with Crippen molar-refractivity contribution in [3.8, 4) is 11.1 Å². The van der Waals surface area contributed by atoms with E-state index in [1.165, 1.54) is 18.2 Å². The first kappa shape index (κ1) is 18.1. The molecule has 132 valence electrons. The lowest BCUT2D eigenvalue weighted by Gasteiger charge is -2.15. The van der Waals surface area contributed by atoms with Gasteiger partial charge in [0, 0.05) is 16.3 Å². The van der Waals surface area contributed by atoms with E-state index in [-0.39, 0.29) is 21.8 Å². The van der Waals surface area contributed by atoms with E-state index in [9.17, 15) is 9.18 Å². The first-order chi connectivity index (χ1) is 12.4. The quantitative estimate of drug-likeness (QED) is 0.630. The van der Waals surface area contributed by atoms with E-state index in [2.05, 4.69) is 15.3 Å². The van der Waals surface area contributed by atoms with Gasteiger partial charge in [-0.05, 0) is 37.3 Å². The summed E-state index contributed by atoms with van der Waals surface area (Å²) in [6.45, 7) is 1.67. The standard InChI is InChI=1S/C18H13Cl2FN4O/c1-9-23-16(20)14(12-3-2-4-13(15(12)21)17(22)26)18(24-9)25-11-7-5-10(19)6-8-11/h2-8H,1H3,(H2,22,26)(H,23,24,25). The van der Waals surface area contributed by atoms with Crippen molar-refractivity contribution in [1.82, 2.24) is 9.97 Å². The highest BCUT2D eigenvalue weighted by Crippen LogP contribution is 2.36. The number of nitrogens with two attached hydrogens (primary N) is 1. The Morgan fingerprint density at radius 2 is 1.81 bits per heavy atom. The number of amides is 1. The minimum atomic E-state index is -0.874. The average Bonchev–Trinajstić information content (AvgIpc) is 2.57. The highest BCUT2D eigenvalue weighted by Gasteiger charge is 2.21. The molecule has 26 heavy (non-hydrogen) atoms. The molecule has 0 unspecified atom stereocenters. The largest absolute Gasteiger partial charge is 0.366 e. The van der Waals surface area contributed by atoms with Crippen LogP contribution < -0.4 is 11.1 Å². The molecule has 0 aliphatic rings. The van der Waals surface area contributed by atoms with Gasteiger partial charge in [0.25, 0.3) is 5.91 Å². The molecule has 0 radical (unpaired) electrons. The molecule has 8 heteroatoms. The number of nitrogens with one attached hydrogen (secondary N) is 1. The van der Waals surface area contributed by atoms with Crippen molar-refractivity contribution in [1.29, 1.82) is 0 Å². The Bertz CT molecular complexity index is 993. The zero-order valence-corrected chi connectivity index (χ0v) is 15.1. The van der Waals surface area contributed by atoms with Crippen LogP contribution in [0.3, 0.4) is 0 Å². The molecule has 0 fully saturated rings. The lowest BCUT2D eigenvalue weighted by molar-refractivity contribution is 0.0996. The van der Waals surface area contributed by atoms with Crippen LogP contribution in [0.15, 0.2) is 42.5 Å². The molecule has 0 saturated heterocycles. The van der Waals surface area contributed by atoms with Crippen molar-refractivity contribution in [3.05, 3.63) is 69.8 Å². The van der Waals surface area contributed by atoms with Crippen LogP contribution in [0.2, 0.25) is 10.2 Å². The maximum Gasteiger partial charge on any atom is 0.251 e. The van der Waals surface area contributed by atoms with E-state index in [1.807, 2.05) is 0 Å². The summed E-state index contributed by atoms with van der Waals surface area (Å²) >= 11 is 12.2. The number of hydrogen-bond donors (Lipinski definition) is 2. The van der Waals surface area contributed by atoms with Gasteiger partial charge in [0.2, 0.25) is 0 Å². The van der Waals surface area contributed by atoms with Crippen LogP contribution in [-0.4, -0.2) is 15.9 Å². The maximum absolute atomic E-state index is 14.8. The van der Waals surface area contributed by atoms with Crippen LogP contribution >= 0.6 is 23.2 Å². The Morgan fingerprint density at radius 3 is 2.46 bits per heavy atom. The predicted molar refractivity (Wildman–Crippen MR) is 100 cm³/mol. The van der Waals surface area contributed by atoms with Gasteiger partial charge in [-0.1, -0.05) is 35.3 Å². The van der Waals surface area contributed by atoms with E-state index in [4.69, 9.17) is 28.9 Å². The smallest absolute Gasteiger partial charge is 0.251 e. The van der Waals surface area contributed by atoms with Gasteiger partial charge in [0.15, 0.2) is 0 Å². The number of aromatic nitrogens is 2. The van der Waals surface area contributed by atoms with E-state index >= 15 is 0 Å². The Hall–Kier alpha value is -2.70. The lowest BCUT2D eigenvalue weighted by Crippen LogP contribution is -2.14. The zero-order chi connectivity index (χ0) is 18.8. The van der Waals surface area contributed by atoms with Gasteiger partial charge >= 0.3 is 0 Å². The van der Waals surface area contributed by atoms with Gasteiger partial charge in [-0.15, -0.1) is 0 Å². The Kier molecular flexibility index (Phi) is 5.06. The van der Waals surface area contributed by atoms with Crippen molar-refractivity contribution >= 4 is 40.6 Å². The van der Waals surface area contributed by atoms with Gasteiger partial charge < -0.3 is 11.1 Å². The highest BCUT2D eigenvalue weighted by molar-refractivity contribution is 6.33. The molecule has 3 N–H and O–H groups in total. The van der Waals surface area contributed by atoms with E-state index in [0.717, 1.165) is 0 Å². The molecule has 3 rings (SSSR count). The number of anilines is 2. The molecule has 0 aliphatic heterocycles. The second kappa shape index (κ2) is 7.27. The van der Waals surface area contributed by atoms with Crippen LogP contribution in [0.5, 0.6) is 0 Å². The van der Waals surface area contributed by atoms with Gasteiger partial charge in [-0.25, -0.2) is 14.4 Å². The molecule has 0 atom stereocenters. The Balaban J connectivity index is 2.17. The number of halogens is 3. The summed E-state index contributed by atoms with van der Waals surface area (Å²) in [6, 6.07) is 11.2. The number of benzene rings is 2. The molecule has 2 aromatic carbocycles. The topological polar surface area (TPSA) is 80.9 Å². The third-order valence-corrected chi connectivity index (χ3v) is 4.14. The normalized spacial score (nSPS) is 10.6. The molecule has 0 saturated carbocycles. The minimum absolute atomic E-state index is 0.0504. The van der Waals surface area contributed by atoms with Crippen LogP contribution in [0.25, 0.3) is 11.1 Å². The molecule has 0 spiro atoms. The lowest BCUT2D eigenvalue weighted by atomic mass is 10.0. The number of nitrogens with zero attached hydrogens (tertiary/aromatic N) is 2.